The van der Waals surface area contributed by atoms with Crippen LogP contribution in [0.3, 0.4) is 0 Å². The van der Waals surface area contributed by atoms with Crippen molar-refractivity contribution in [1.29, 1.82) is 0 Å². The highest BCUT2D eigenvalue weighted by Crippen LogP contribution is 2.37. The number of hydrogen-bond acceptors (Lipinski definition) is 1. The highest BCUT2D eigenvalue weighted by Gasteiger charge is 2.15. The largest absolute Gasteiger partial charge is 0.311 e. The van der Waals surface area contributed by atoms with Gasteiger partial charge in [-0.05, 0) is 137 Å². The predicted molar refractivity (Wildman–Crippen MR) is 303 cm³/mol. The summed E-state index contributed by atoms with van der Waals surface area (Å²) in [5.74, 6) is 0. The number of nitrogens with zero attached hydrogens (tertiary/aromatic N) is 3. The first-order valence-electron chi connectivity index (χ1n) is 23.0. The highest BCUT2D eigenvalue weighted by molar-refractivity contribution is 6.11. The van der Waals surface area contributed by atoms with Crippen LogP contribution >= 0.6 is 0 Å². The van der Waals surface area contributed by atoms with E-state index in [1.165, 1.54) is 49.3 Å². The van der Waals surface area contributed by atoms with Gasteiger partial charge < -0.3 is 14.0 Å². The van der Waals surface area contributed by atoms with Gasteiger partial charge in [-0.15, -0.1) is 0 Å². The third-order valence-corrected chi connectivity index (χ3v) is 12.4. The third kappa shape index (κ3) is 9.31. The van der Waals surface area contributed by atoms with Gasteiger partial charge in [-0.3, -0.25) is 0 Å². The molecule has 0 unspecified atom stereocenters. The molecule has 69 heavy (non-hydrogen) atoms. The molecule has 0 atom stereocenters. The molecule has 332 valence electrons. The maximum Gasteiger partial charge on any atom is 0.0541 e. The second-order valence-electron chi connectivity index (χ2n) is 16.5. The quantitative estimate of drug-likeness (QED) is 0.126. The maximum absolute atomic E-state index is 3.89. The van der Waals surface area contributed by atoms with Gasteiger partial charge in [0.15, 0.2) is 0 Å². The predicted octanol–water partition coefficient (Wildman–Crippen LogP) is 18.6. The number of rotatable bonds is 11. The summed E-state index contributed by atoms with van der Waals surface area (Å²) in [5.41, 5.74) is 17.3. The molecule has 0 aliphatic heterocycles. The zero-order valence-electron chi connectivity index (χ0n) is 38.8. The van der Waals surface area contributed by atoms with E-state index in [0.717, 1.165) is 56.1 Å². The fraction of sp³-hybridized carbons (Fsp3) is 0. The molecule has 0 spiro atoms. The molecule has 9 aromatic carbocycles. The number of hydrogen-bond donors (Lipinski definition) is 0. The number of aromatic nitrogens is 2. The van der Waals surface area contributed by atoms with Crippen molar-refractivity contribution < 1.29 is 0 Å². The maximum atomic E-state index is 3.89. The Balaban J connectivity index is 0.000000129. The minimum absolute atomic E-state index is 1.11. The van der Waals surface area contributed by atoms with Crippen molar-refractivity contribution in [3.63, 3.8) is 0 Å². The molecule has 2 heterocycles. The molecule has 0 saturated carbocycles. The van der Waals surface area contributed by atoms with Gasteiger partial charge in [-0.1, -0.05) is 185 Å². The fourth-order valence-corrected chi connectivity index (χ4v) is 8.87. The standard InChI is InChI=1S/2C22H17N.C22H19N/c1-3-16-9-12-18(13-10-16)23-21-8-6-5-7-19(21)20-15-17(4-2)11-14-22(20)23;1-3-16-10-12-21-19(14-16)20-15-17(4-2)11-13-22(20)23(21)18-8-6-5-7-9-18;1-3-18-10-14-21(15-11-18)23(20-8-6-5-7-9-20)22-16-12-19(4-2)13-17-22/h2*3-15H,1-2H2;3-17H,1-2H2. The Morgan fingerprint density at radius 3 is 0.986 bits per heavy atom. The van der Waals surface area contributed by atoms with Crippen molar-refractivity contribution >= 4 is 97.1 Å². The molecule has 0 fully saturated rings. The minimum atomic E-state index is 1.11. The average Bonchev–Trinajstić information content (AvgIpc) is 3.93. The Morgan fingerprint density at radius 1 is 0.261 bits per heavy atom. The summed E-state index contributed by atoms with van der Waals surface area (Å²) in [5, 5.41) is 5.00. The lowest BCUT2D eigenvalue weighted by atomic mass is 10.1. The van der Waals surface area contributed by atoms with Gasteiger partial charge in [0.05, 0.1) is 22.1 Å². The van der Waals surface area contributed by atoms with Gasteiger partial charge in [0.25, 0.3) is 0 Å². The van der Waals surface area contributed by atoms with Crippen LogP contribution in [-0.4, -0.2) is 9.13 Å². The SMILES string of the molecule is C=Cc1ccc(-n2c3ccccc3c3cc(C=C)ccc32)cc1.C=Cc1ccc(N(c2ccccc2)c2ccc(C=C)cc2)cc1.C=Cc1ccc2c(c1)c1cc(C=C)ccc1n2-c1ccccc1. The van der Waals surface area contributed by atoms with Crippen LogP contribution in [-0.2, 0) is 0 Å². The molecule has 0 N–H and O–H groups in total. The lowest BCUT2D eigenvalue weighted by Crippen LogP contribution is -2.09. The molecule has 3 heteroatoms. The first-order valence-corrected chi connectivity index (χ1v) is 23.0. The molecule has 0 amide bonds. The molecule has 11 rings (SSSR count). The van der Waals surface area contributed by atoms with Crippen LogP contribution < -0.4 is 4.90 Å². The number of anilines is 3. The molecule has 2 aromatic heterocycles. The van der Waals surface area contributed by atoms with Gasteiger partial charge in [0.2, 0.25) is 0 Å². The van der Waals surface area contributed by atoms with Crippen LogP contribution in [0.2, 0.25) is 0 Å². The second-order valence-corrected chi connectivity index (χ2v) is 16.5. The lowest BCUT2D eigenvalue weighted by molar-refractivity contribution is 1.18. The minimum Gasteiger partial charge on any atom is -0.311 e. The molecule has 11 aromatic rings. The van der Waals surface area contributed by atoms with Gasteiger partial charge in [-0.25, -0.2) is 0 Å². The van der Waals surface area contributed by atoms with Gasteiger partial charge in [0.1, 0.15) is 0 Å². The summed E-state index contributed by atoms with van der Waals surface area (Å²) in [6.45, 7) is 23.1. The molecular formula is C66H53N3. The van der Waals surface area contributed by atoms with Crippen LogP contribution in [0.1, 0.15) is 33.4 Å². The summed E-state index contributed by atoms with van der Waals surface area (Å²) >= 11 is 0. The normalized spacial score (nSPS) is 10.7. The molecule has 0 aliphatic rings. The van der Waals surface area contributed by atoms with E-state index >= 15 is 0 Å². The molecule has 3 nitrogen and oxygen atoms in total. The van der Waals surface area contributed by atoms with Crippen molar-refractivity contribution in [1.82, 2.24) is 9.13 Å². The lowest BCUT2D eigenvalue weighted by Gasteiger charge is -2.25. The zero-order chi connectivity index (χ0) is 47.7. The molecule has 0 saturated heterocycles. The smallest absolute Gasteiger partial charge is 0.0541 e. The van der Waals surface area contributed by atoms with Gasteiger partial charge >= 0.3 is 0 Å². The van der Waals surface area contributed by atoms with E-state index in [4.69, 9.17) is 0 Å². The number of benzene rings is 9. The third-order valence-electron chi connectivity index (χ3n) is 12.4. The monoisotopic (exact) mass is 887 g/mol. The summed E-state index contributed by atoms with van der Waals surface area (Å²) in [7, 11) is 0. The second kappa shape index (κ2) is 20.6. The van der Waals surface area contributed by atoms with E-state index in [2.05, 4.69) is 254 Å². The van der Waals surface area contributed by atoms with Crippen molar-refractivity contribution in [2.24, 2.45) is 0 Å². The molecule has 0 aliphatic carbocycles. The molecule has 0 bridgehead atoms. The van der Waals surface area contributed by atoms with Crippen LogP contribution in [0.4, 0.5) is 17.1 Å². The summed E-state index contributed by atoms with van der Waals surface area (Å²) < 4.78 is 4.62. The topological polar surface area (TPSA) is 13.1 Å². The summed E-state index contributed by atoms with van der Waals surface area (Å²) in [6, 6.07) is 74.1. The van der Waals surface area contributed by atoms with E-state index < -0.39 is 0 Å². The first-order chi connectivity index (χ1) is 33.9. The van der Waals surface area contributed by atoms with Crippen LogP contribution in [0.5, 0.6) is 0 Å². The van der Waals surface area contributed by atoms with Crippen molar-refractivity contribution in [3.8, 4) is 11.4 Å². The Morgan fingerprint density at radius 2 is 0.565 bits per heavy atom. The van der Waals surface area contributed by atoms with Gasteiger partial charge in [0, 0.05) is 50.0 Å². The van der Waals surface area contributed by atoms with Crippen molar-refractivity contribution in [2.45, 2.75) is 0 Å². The first kappa shape index (κ1) is 45.0. The Kier molecular flexibility index (Phi) is 13.4. The summed E-state index contributed by atoms with van der Waals surface area (Å²) in [6.07, 6.45) is 11.3. The van der Waals surface area contributed by atoms with Crippen LogP contribution in [0, 0.1) is 0 Å². The van der Waals surface area contributed by atoms with E-state index in [0.29, 0.717) is 0 Å². The van der Waals surface area contributed by atoms with Crippen molar-refractivity contribution in [2.75, 3.05) is 4.90 Å². The van der Waals surface area contributed by atoms with Crippen LogP contribution in [0.15, 0.2) is 252 Å². The Hall–Kier alpha value is -9.18. The molecule has 0 radical (unpaired) electrons. The Labute approximate surface area is 405 Å². The highest BCUT2D eigenvalue weighted by atomic mass is 15.1. The Bertz CT molecular complexity index is 3510. The van der Waals surface area contributed by atoms with Gasteiger partial charge in [-0.2, -0.15) is 0 Å². The van der Waals surface area contributed by atoms with E-state index in [9.17, 15) is 0 Å². The number of fused-ring (bicyclic) bond motifs is 6. The zero-order valence-corrected chi connectivity index (χ0v) is 38.8. The summed E-state index contributed by atoms with van der Waals surface area (Å²) in [4.78, 5) is 2.24. The average molecular weight is 888 g/mol. The van der Waals surface area contributed by atoms with Crippen LogP contribution in [0.25, 0.3) is 91.4 Å². The van der Waals surface area contributed by atoms with Crippen molar-refractivity contribution in [3.05, 3.63) is 285 Å². The van der Waals surface area contributed by atoms with E-state index in [1.54, 1.807) is 0 Å². The number of para-hydroxylation sites is 3. The van der Waals surface area contributed by atoms with E-state index in [1.807, 2.05) is 48.6 Å². The fourth-order valence-electron chi connectivity index (χ4n) is 8.87. The van der Waals surface area contributed by atoms with E-state index in [-0.39, 0.29) is 0 Å². The molecular weight excluding hydrogens is 835 g/mol.